The van der Waals surface area contributed by atoms with Crippen LogP contribution in [0.15, 0.2) is 60.8 Å². The number of ether oxygens (including phenoxy) is 1. The van der Waals surface area contributed by atoms with Crippen molar-refractivity contribution >= 4 is 17.8 Å². The smallest absolute Gasteiger partial charge is 0.325 e. The van der Waals surface area contributed by atoms with E-state index in [9.17, 15) is 4.79 Å². The molecule has 0 aliphatic rings. The number of urea groups is 1. The fourth-order valence-electron chi connectivity index (χ4n) is 2.08. The Morgan fingerprint density at radius 3 is 2.64 bits per heavy atom. The van der Waals surface area contributed by atoms with Gasteiger partial charge in [0.2, 0.25) is 0 Å². The van der Waals surface area contributed by atoms with Gasteiger partial charge in [0.15, 0.2) is 0 Å². The lowest BCUT2D eigenvalue weighted by atomic mass is 10.2. The predicted octanol–water partition coefficient (Wildman–Crippen LogP) is 3.90. The molecule has 4 nitrogen and oxygen atoms in total. The van der Waals surface area contributed by atoms with Gasteiger partial charge < -0.3 is 10.1 Å². The minimum atomic E-state index is -0.159. The van der Waals surface area contributed by atoms with Crippen LogP contribution in [0.5, 0.6) is 5.75 Å². The molecule has 0 unspecified atom stereocenters. The summed E-state index contributed by atoms with van der Waals surface area (Å²) < 4.78 is 5.17. The van der Waals surface area contributed by atoms with Gasteiger partial charge in [0.05, 0.1) is 7.11 Å². The highest BCUT2D eigenvalue weighted by Gasteiger charge is 2.11. The molecule has 4 heteroatoms. The molecule has 2 aromatic carbocycles. The first-order valence-corrected chi connectivity index (χ1v) is 7.18. The molecule has 0 bridgehead atoms. The summed E-state index contributed by atoms with van der Waals surface area (Å²) in [6, 6.07) is 17.0. The number of amides is 2. The second-order valence-electron chi connectivity index (χ2n) is 4.64. The molecule has 0 radical (unpaired) electrons. The summed E-state index contributed by atoms with van der Waals surface area (Å²) in [5.41, 5.74) is 1.83. The SMILES string of the molecule is CCN(C(=O)N/C=C/c1cccc(OC)c1)c1ccccc1. The first-order chi connectivity index (χ1) is 10.7. The van der Waals surface area contributed by atoms with Crippen LogP contribution in [0, 0.1) is 0 Å². The summed E-state index contributed by atoms with van der Waals surface area (Å²) in [4.78, 5) is 13.9. The number of carbonyl (C=O) groups excluding carboxylic acids is 1. The fourth-order valence-corrected chi connectivity index (χ4v) is 2.08. The highest BCUT2D eigenvalue weighted by Crippen LogP contribution is 2.14. The number of nitrogens with zero attached hydrogens (tertiary/aromatic N) is 1. The Bertz CT molecular complexity index is 639. The summed E-state index contributed by atoms with van der Waals surface area (Å²) >= 11 is 0. The van der Waals surface area contributed by atoms with E-state index in [1.54, 1.807) is 18.2 Å². The number of carbonyl (C=O) groups is 1. The van der Waals surface area contributed by atoms with Crippen LogP contribution < -0.4 is 15.0 Å². The van der Waals surface area contributed by atoms with Crippen LogP contribution in [0.2, 0.25) is 0 Å². The van der Waals surface area contributed by atoms with Gasteiger partial charge in [-0.1, -0.05) is 30.3 Å². The third-order valence-electron chi connectivity index (χ3n) is 3.21. The minimum absolute atomic E-state index is 0.159. The molecule has 2 rings (SSSR count). The normalized spacial score (nSPS) is 10.5. The molecule has 0 aliphatic heterocycles. The van der Waals surface area contributed by atoms with Crippen LogP contribution in [0.3, 0.4) is 0 Å². The number of hydrogen-bond donors (Lipinski definition) is 1. The first-order valence-electron chi connectivity index (χ1n) is 7.18. The second-order valence-corrected chi connectivity index (χ2v) is 4.64. The quantitative estimate of drug-likeness (QED) is 0.909. The van der Waals surface area contributed by atoms with Crippen molar-refractivity contribution in [1.29, 1.82) is 0 Å². The maximum atomic E-state index is 12.2. The Kier molecular flexibility index (Phi) is 5.60. The molecular formula is C18H20N2O2. The lowest BCUT2D eigenvalue weighted by Crippen LogP contribution is -2.37. The van der Waals surface area contributed by atoms with Crippen molar-refractivity contribution in [3.05, 3.63) is 66.4 Å². The van der Waals surface area contributed by atoms with Gasteiger partial charge in [0, 0.05) is 18.4 Å². The molecule has 0 fully saturated rings. The van der Waals surface area contributed by atoms with Crippen molar-refractivity contribution in [2.24, 2.45) is 0 Å². The first kappa shape index (κ1) is 15.6. The van der Waals surface area contributed by atoms with Crippen molar-refractivity contribution in [2.75, 3.05) is 18.6 Å². The number of benzene rings is 2. The molecular weight excluding hydrogens is 276 g/mol. The summed E-state index contributed by atoms with van der Waals surface area (Å²) in [5, 5.41) is 2.78. The van der Waals surface area contributed by atoms with Crippen molar-refractivity contribution in [2.45, 2.75) is 6.92 Å². The summed E-state index contributed by atoms with van der Waals surface area (Å²) in [7, 11) is 1.63. The highest BCUT2D eigenvalue weighted by atomic mass is 16.5. The topological polar surface area (TPSA) is 41.6 Å². The molecule has 0 saturated carbocycles. The Balaban J connectivity index is 2.00. The van der Waals surface area contributed by atoms with Crippen molar-refractivity contribution in [3.8, 4) is 5.75 Å². The molecule has 2 aromatic rings. The summed E-state index contributed by atoms with van der Waals surface area (Å²) in [6.45, 7) is 2.54. The van der Waals surface area contributed by atoms with Crippen LogP contribution in [-0.4, -0.2) is 19.7 Å². The van der Waals surface area contributed by atoms with Crippen LogP contribution in [-0.2, 0) is 0 Å². The largest absolute Gasteiger partial charge is 0.497 e. The lowest BCUT2D eigenvalue weighted by Gasteiger charge is -2.20. The molecule has 1 N–H and O–H groups in total. The van der Waals surface area contributed by atoms with E-state index in [0.29, 0.717) is 6.54 Å². The molecule has 0 atom stereocenters. The van der Waals surface area contributed by atoms with Crippen molar-refractivity contribution in [3.63, 3.8) is 0 Å². The number of nitrogens with one attached hydrogen (secondary N) is 1. The number of methoxy groups -OCH3 is 1. The van der Waals surface area contributed by atoms with E-state index in [4.69, 9.17) is 4.74 Å². The van der Waals surface area contributed by atoms with E-state index >= 15 is 0 Å². The Morgan fingerprint density at radius 2 is 1.95 bits per heavy atom. The minimum Gasteiger partial charge on any atom is -0.497 e. The molecule has 0 aromatic heterocycles. The molecule has 0 saturated heterocycles. The van der Waals surface area contributed by atoms with Crippen LogP contribution in [0.1, 0.15) is 12.5 Å². The molecule has 22 heavy (non-hydrogen) atoms. The van der Waals surface area contributed by atoms with Gasteiger partial charge in [-0.2, -0.15) is 0 Å². The predicted molar refractivity (Wildman–Crippen MR) is 90.0 cm³/mol. The summed E-state index contributed by atoms with van der Waals surface area (Å²) in [6.07, 6.45) is 3.47. The number of anilines is 1. The maximum Gasteiger partial charge on any atom is 0.325 e. The van der Waals surface area contributed by atoms with Gasteiger partial charge >= 0.3 is 6.03 Å². The standard InChI is InChI=1S/C18H20N2O2/c1-3-20(16-9-5-4-6-10-16)18(21)19-13-12-15-8-7-11-17(14-15)22-2/h4-14H,3H2,1-2H3,(H,19,21)/b13-12+. The van der Waals surface area contributed by atoms with E-state index in [0.717, 1.165) is 17.0 Å². The van der Waals surface area contributed by atoms with Crippen LogP contribution in [0.25, 0.3) is 6.08 Å². The van der Waals surface area contributed by atoms with E-state index in [-0.39, 0.29) is 6.03 Å². The zero-order valence-corrected chi connectivity index (χ0v) is 12.8. The van der Waals surface area contributed by atoms with Gasteiger partial charge in [-0.3, -0.25) is 4.90 Å². The van der Waals surface area contributed by atoms with Gasteiger partial charge in [0.25, 0.3) is 0 Å². The summed E-state index contributed by atoms with van der Waals surface area (Å²) in [5.74, 6) is 0.785. The van der Waals surface area contributed by atoms with Crippen LogP contribution in [0.4, 0.5) is 10.5 Å². The zero-order chi connectivity index (χ0) is 15.8. The average molecular weight is 296 g/mol. The fraction of sp³-hybridized carbons (Fsp3) is 0.167. The lowest BCUT2D eigenvalue weighted by molar-refractivity contribution is 0.249. The maximum absolute atomic E-state index is 12.2. The molecule has 2 amide bonds. The number of para-hydroxylation sites is 1. The van der Waals surface area contributed by atoms with Crippen LogP contribution >= 0.6 is 0 Å². The third kappa shape index (κ3) is 4.12. The van der Waals surface area contributed by atoms with Gasteiger partial charge in [0.1, 0.15) is 5.75 Å². The number of rotatable bonds is 5. The monoisotopic (exact) mass is 296 g/mol. The van der Waals surface area contributed by atoms with Gasteiger partial charge in [-0.05, 0) is 42.8 Å². The molecule has 0 aliphatic carbocycles. The average Bonchev–Trinajstić information content (AvgIpc) is 2.57. The number of hydrogen-bond acceptors (Lipinski definition) is 2. The Labute approximate surface area is 131 Å². The second kappa shape index (κ2) is 7.88. The van der Waals surface area contributed by atoms with E-state index in [1.807, 2.05) is 67.6 Å². The van der Waals surface area contributed by atoms with Crippen molar-refractivity contribution in [1.82, 2.24) is 5.32 Å². The van der Waals surface area contributed by atoms with E-state index < -0.39 is 0 Å². The van der Waals surface area contributed by atoms with E-state index in [1.165, 1.54) is 0 Å². The zero-order valence-electron chi connectivity index (χ0n) is 12.8. The van der Waals surface area contributed by atoms with Gasteiger partial charge in [-0.25, -0.2) is 4.79 Å². The van der Waals surface area contributed by atoms with E-state index in [2.05, 4.69) is 5.32 Å². The molecule has 0 heterocycles. The molecule has 114 valence electrons. The highest BCUT2D eigenvalue weighted by molar-refractivity contribution is 5.92. The van der Waals surface area contributed by atoms with Crippen molar-refractivity contribution < 1.29 is 9.53 Å². The Morgan fingerprint density at radius 1 is 1.18 bits per heavy atom. The molecule has 0 spiro atoms. The van der Waals surface area contributed by atoms with Gasteiger partial charge in [-0.15, -0.1) is 0 Å². The third-order valence-corrected chi connectivity index (χ3v) is 3.21. The Hall–Kier alpha value is -2.75.